The quantitative estimate of drug-likeness (QED) is 0.907. The Morgan fingerprint density at radius 3 is 2.90 bits per heavy atom. The minimum Gasteiger partial charge on any atom is -0.444 e. The highest BCUT2D eigenvalue weighted by atomic mass is 35.5. The van der Waals surface area contributed by atoms with E-state index in [1.165, 1.54) is 6.20 Å². The van der Waals surface area contributed by atoms with Crippen LogP contribution in [-0.2, 0) is 4.74 Å². The van der Waals surface area contributed by atoms with Crippen LogP contribution >= 0.6 is 11.6 Å². The van der Waals surface area contributed by atoms with E-state index in [1.54, 1.807) is 6.20 Å². The maximum absolute atomic E-state index is 11.7. The van der Waals surface area contributed by atoms with Crippen LogP contribution < -0.4 is 10.2 Å². The van der Waals surface area contributed by atoms with Gasteiger partial charge in [0, 0.05) is 13.1 Å². The Kier molecular flexibility index (Phi) is 4.32. The van der Waals surface area contributed by atoms with E-state index in [0.717, 1.165) is 18.8 Å². The molecule has 1 unspecified atom stereocenters. The number of nitrogens with one attached hydrogen (secondary N) is 1. The van der Waals surface area contributed by atoms with Gasteiger partial charge in [0.15, 0.2) is 0 Å². The molecule has 1 aliphatic heterocycles. The number of alkyl carbamates (subject to hydrolysis) is 1. The van der Waals surface area contributed by atoms with E-state index in [-0.39, 0.29) is 12.1 Å². The number of halogens is 1. The van der Waals surface area contributed by atoms with Crippen molar-refractivity contribution < 1.29 is 9.53 Å². The summed E-state index contributed by atoms with van der Waals surface area (Å²) in [6.45, 7) is 7.00. The lowest BCUT2D eigenvalue weighted by atomic mass is 10.2. The van der Waals surface area contributed by atoms with Gasteiger partial charge in [-0.3, -0.25) is 4.98 Å². The van der Waals surface area contributed by atoms with Crippen LogP contribution in [0.3, 0.4) is 0 Å². The highest BCUT2D eigenvalue weighted by molar-refractivity contribution is 6.29. The van der Waals surface area contributed by atoms with Crippen LogP contribution in [0.1, 0.15) is 27.2 Å². The van der Waals surface area contributed by atoms with Gasteiger partial charge >= 0.3 is 6.09 Å². The molecule has 0 aromatic carbocycles. The van der Waals surface area contributed by atoms with Crippen molar-refractivity contribution in [2.75, 3.05) is 18.0 Å². The van der Waals surface area contributed by atoms with E-state index in [9.17, 15) is 4.79 Å². The molecule has 6 nitrogen and oxygen atoms in total. The second kappa shape index (κ2) is 5.83. The molecule has 0 spiro atoms. The van der Waals surface area contributed by atoms with Crippen LogP contribution in [0, 0.1) is 0 Å². The second-order valence-electron chi connectivity index (χ2n) is 5.78. The number of aromatic nitrogens is 2. The number of hydrogen-bond acceptors (Lipinski definition) is 5. The predicted molar refractivity (Wildman–Crippen MR) is 77.0 cm³/mol. The van der Waals surface area contributed by atoms with Gasteiger partial charge < -0.3 is 15.0 Å². The molecule has 1 aromatic rings. The van der Waals surface area contributed by atoms with E-state index in [4.69, 9.17) is 16.3 Å². The summed E-state index contributed by atoms with van der Waals surface area (Å²) in [7, 11) is 0. The third-order valence-corrected chi connectivity index (χ3v) is 3.01. The van der Waals surface area contributed by atoms with Crippen LogP contribution in [-0.4, -0.2) is 40.8 Å². The van der Waals surface area contributed by atoms with Gasteiger partial charge in [-0.15, -0.1) is 0 Å². The fraction of sp³-hybridized carbons (Fsp3) is 0.615. The Hall–Kier alpha value is -1.56. The SMILES string of the molecule is CC(C)(C)OC(=O)NC1CCN(c2cncc(Cl)n2)C1. The van der Waals surface area contributed by atoms with Crippen molar-refractivity contribution in [2.24, 2.45) is 0 Å². The number of nitrogens with zero attached hydrogens (tertiary/aromatic N) is 3. The minimum absolute atomic E-state index is 0.0469. The van der Waals surface area contributed by atoms with Gasteiger partial charge in [0.25, 0.3) is 0 Å². The summed E-state index contributed by atoms with van der Waals surface area (Å²) in [5.74, 6) is 0.728. The number of carbonyl (C=O) groups is 1. The lowest BCUT2D eigenvalue weighted by Crippen LogP contribution is -2.40. The number of ether oxygens (including phenoxy) is 1. The van der Waals surface area contributed by atoms with E-state index in [2.05, 4.69) is 15.3 Å². The normalized spacial score (nSPS) is 19.0. The minimum atomic E-state index is -0.485. The summed E-state index contributed by atoms with van der Waals surface area (Å²) in [5, 5.41) is 3.23. The maximum Gasteiger partial charge on any atom is 0.407 e. The second-order valence-corrected chi connectivity index (χ2v) is 6.17. The molecule has 1 saturated heterocycles. The lowest BCUT2D eigenvalue weighted by Gasteiger charge is -2.22. The number of amides is 1. The number of carbonyl (C=O) groups excluding carboxylic acids is 1. The zero-order valence-corrected chi connectivity index (χ0v) is 12.6. The van der Waals surface area contributed by atoms with E-state index >= 15 is 0 Å². The van der Waals surface area contributed by atoms with Crippen molar-refractivity contribution in [2.45, 2.75) is 38.8 Å². The standard InChI is InChI=1S/C13H19ClN4O2/c1-13(2,3)20-12(19)16-9-4-5-18(8-9)11-7-15-6-10(14)17-11/h6-7,9H,4-5,8H2,1-3H3,(H,16,19). The first-order valence-corrected chi connectivity index (χ1v) is 6.93. The molecule has 1 aromatic heterocycles. The summed E-state index contributed by atoms with van der Waals surface area (Å²) < 4.78 is 5.24. The maximum atomic E-state index is 11.7. The van der Waals surface area contributed by atoms with Crippen molar-refractivity contribution in [3.05, 3.63) is 17.5 Å². The molecule has 1 amide bonds. The summed E-state index contributed by atoms with van der Waals surface area (Å²) >= 11 is 5.83. The van der Waals surface area contributed by atoms with Crippen LogP contribution in [0.25, 0.3) is 0 Å². The third-order valence-electron chi connectivity index (χ3n) is 2.83. The molecule has 0 saturated carbocycles. The average molecular weight is 299 g/mol. The van der Waals surface area contributed by atoms with Gasteiger partial charge in [-0.1, -0.05) is 11.6 Å². The van der Waals surface area contributed by atoms with Gasteiger partial charge in [0.05, 0.1) is 18.4 Å². The molecule has 0 radical (unpaired) electrons. The lowest BCUT2D eigenvalue weighted by molar-refractivity contribution is 0.0509. The van der Waals surface area contributed by atoms with Crippen molar-refractivity contribution in [1.29, 1.82) is 0 Å². The molecule has 0 aliphatic carbocycles. The first kappa shape index (κ1) is 14.8. The average Bonchev–Trinajstić information content (AvgIpc) is 2.74. The van der Waals surface area contributed by atoms with Gasteiger partial charge in [-0.05, 0) is 27.2 Å². The summed E-state index contributed by atoms with van der Waals surface area (Å²) in [4.78, 5) is 22.0. The molecule has 1 aliphatic rings. The molecule has 2 rings (SSSR count). The predicted octanol–water partition coefficient (Wildman–Crippen LogP) is 2.23. The van der Waals surface area contributed by atoms with E-state index in [1.807, 2.05) is 25.7 Å². The largest absolute Gasteiger partial charge is 0.444 e. The fourth-order valence-corrected chi connectivity index (χ4v) is 2.19. The van der Waals surface area contributed by atoms with E-state index in [0.29, 0.717) is 11.7 Å². The Labute approximate surface area is 123 Å². The molecule has 110 valence electrons. The molecular formula is C13H19ClN4O2. The Morgan fingerprint density at radius 1 is 1.50 bits per heavy atom. The highest BCUT2D eigenvalue weighted by Gasteiger charge is 2.27. The first-order chi connectivity index (χ1) is 9.33. The van der Waals surface area contributed by atoms with Crippen LogP contribution in [0.2, 0.25) is 5.15 Å². The van der Waals surface area contributed by atoms with Gasteiger partial charge in [0.2, 0.25) is 0 Å². The molecule has 1 fully saturated rings. The molecular weight excluding hydrogens is 280 g/mol. The monoisotopic (exact) mass is 298 g/mol. The molecule has 7 heteroatoms. The van der Waals surface area contributed by atoms with Crippen LogP contribution in [0.5, 0.6) is 0 Å². The van der Waals surface area contributed by atoms with Crippen molar-refractivity contribution in [3.8, 4) is 0 Å². The van der Waals surface area contributed by atoms with Crippen molar-refractivity contribution in [1.82, 2.24) is 15.3 Å². The molecule has 2 heterocycles. The summed E-state index contributed by atoms with van der Waals surface area (Å²) in [6.07, 6.45) is 3.62. The van der Waals surface area contributed by atoms with Crippen molar-refractivity contribution >= 4 is 23.5 Å². The fourth-order valence-electron chi connectivity index (χ4n) is 2.05. The Morgan fingerprint density at radius 2 is 2.25 bits per heavy atom. The van der Waals surface area contributed by atoms with Gasteiger partial charge in [0.1, 0.15) is 16.6 Å². The van der Waals surface area contributed by atoms with Crippen molar-refractivity contribution in [3.63, 3.8) is 0 Å². The number of anilines is 1. The zero-order valence-electron chi connectivity index (χ0n) is 11.9. The Balaban J connectivity index is 1.88. The van der Waals surface area contributed by atoms with Crippen LogP contribution in [0.4, 0.5) is 10.6 Å². The first-order valence-electron chi connectivity index (χ1n) is 6.55. The topological polar surface area (TPSA) is 67.3 Å². The number of rotatable bonds is 2. The highest BCUT2D eigenvalue weighted by Crippen LogP contribution is 2.19. The molecule has 1 atom stereocenters. The molecule has 0 bridgehead atoms. The number of hydrogen-bond donors (Lipinski definition) is 1. The Bertz CT molecular complexity index is 490. The summed E-state index contributed by atoms with van der Waals surface area (Å²) in [5.41, 5.74) is -0.485. The molecule has 20 heavy (non-hydrogen) atoms. The van der Waals surface area contributed by atoms with E-state index < -0.39 is 5.60 Å². The van der Waals surface area contributed by atoms with Crippen LogP contribution in [0.15, 0.2) is 12.4 Å². The van der Waals surface area contributed by atoms with Gasteiger partial charge in [-0.2, -0.15) is 0 Å². The summed E-state index contributed by atoms with van der Waals surface area (Å²) in [6, 6.07) is 0.0469. The molecule has 1 N–H and O–H groups in total. The smallest absolute Gasteiger partial charge is 0.407 e. The third kappa shape index (κ3) is 4.23. The zero-order chi connectivity index (χ0) is 14.8. The van der Waals surface area contributed by atoms with Gasteiger partial charge in [-0.25, -0.2) is 9.78 Å².